The Morgan fingerprint density at radius 2 is 2.17 bits per heavy atom. The summed E-state index contributed by atoms with van der Waals surface area (Å²) in [6.45, 7) is 0.778. The predicted octanol–water partition coefficient (Wildman–Crippen LogP) is 1.73. The molecule has 2 nitrogen and oxygen atoms in total. The molecule has 1 aromatic heterocycles. The molecule has 0 spiro atoms. The molecule has 0 saturated carbocycles. The third-order valence-corrected chi connectivity index (χ3v) is 2.71. The van der Waals surface area contributed by atoms with Crippen molar-refractivity contribution in [2.24, 2.45) is 0 Å². The summed E-state index contributed by atoms with van der Waals surface area (Å²) < 4.78 is 0.800. The minimum atomic E-state index is -0.290. The second-order valence-corrected chi connectivity index (χ2v) is 5.12. The van der Waals surface area contributed by atoms with Crippen molar-refractivity contribution < 1.29 is 9.59 Å². The molecule has 0 aromatic carbocycles. The summed E-state index contributed by atoms with van der Waals surface area (Å²) in [5.74, 6) is 2.05. The maximum Gasteiger partial charge on any atom is 0.106 e. The first-order valence-electron chi connectivity index (χ1n) is 4.05. The van der Waals surface area contributed by atoms with Gasteiger partial charge in [0.1, 0.15) is 6.54 Å². The van der Waals surface area contributed by atoms with Gasteiger partial charge >= 0.3 is 0 Å². The topological polar surface area (TPSA) is 20.2 Å². The Bertz CT molecular complexity index is 225. The Labute approximate surface area is 75.5 Å². The van der Waals surface area contributed by atoms with Gasteiger partial charge in [-0.2, -0.15) is 5.30 Å². The summed E-state index contributed by atoms with van der Waals surface area (Å²) in [5.41, 5.74) is 0. The fraction of sp³-hybridized carbons (Fsp3) is 0.556. The number of quaternary nitrogens is 1. The largest absolute Gasteiger partial charge is 0.525 e. The smallest absolute Gasteiger partial charge is 0.106 e. The molecule has 12 heavy (non-hydrogen) atoms. The molecular weight excluding hydrogens is 169 g/mol. The Kier molecular flexibility index (Phi) is 2.94. The van der Waals surface area contributed by atoms with Gasteiger partial charge in [0.2, 0.25) is 0 Å². The third kappa shape index (κ3) is 2.98. The molecular formula is C9H16NOP. The second kappa shape index (κ2) is 3.61. The van der Waals surface area contributed by atoms with Gasteiger partial charge in [-0.3, -0.25) is 0 Å². The number of likely N-dealkylation sites (N-methyl/N-ethyl adjacent to an activating group) is 1. The van der Waals surface area contributed by atoms with E-state index in [1.165, 1.54) is 0 Å². The van der Waals surface area contributed by atoms with Gasteiger partial charge in [0, 0.05) is 0 Å². The number of aliphatic hydroxyl groups is 1. The molecule has 1 unspecified atom stereocenters. The molecule has 68 valence electrons. The van der Waals surface area contributed by atoms with Crippen LogP contribution in [0.25, 0.3) is 0 Å². The summed E-state index contributed by atoms with van der Waals surface area (Å²) >= 11 is 0. The van der Waals surface area contributed by atoms with Crippen LogP contribution in [0.3, 0.4) is 0 Å². The Morgan fingerprint density at radius 1 is 1.50 bits per heavy atom. The number of nitrogens with zero attached hydrogens (tertiary/aromatic N) is 1. The van der Waals surface area contributed by atoms with Crippen LogP contribution >= 0.6 is 8.19 Å². The maximum absolute atomic E-state index is 9.75. The number of hydrogen-bond donors (Lipinski definition) is 1. The molecule has 0 aliphatic carbocycles. The van der Waals surface area contributed by atoms with Crippen LogP contribution < -0.4 is 0 Å². The van der Waals surface area contributed by atoms with E-state index >= 15 is 0 Å². The van der Waals surface area contributed by atoms with Crippen LogP contribution in [0.2, 0.25) is 0 Å². The van der Waals surface area contributed by atoms with E-state index in [-0.39, 0.29) is 6.10 Å². The lowest BCUT2D eigenvalue weighted by molar-refractivity contribution is -0.874. The molecule has 0 bridgehead atoms. The van der Waals surface area contributed by atoms with Crippen molar-refractivity contribution in [1.29, 1.82) is 0 Å². The molecule has 0 amide bonds. The first kappa shape index (κ1) is 9.79. The van der Waals surface area contributed by atoms with Crippen LogP contribution in [-0.4, -0.2) is 37.3 Å². The van der Waals surface area contributed by atoms with Crippen LogP contribution in [0.15, 0.2) is 17.9 Å². The standard InChI is InChI=1S/C9H16NOP/c1-10(2,3)7-8(11)9-5-4-6-12-9/h4-6,8,11H,7H2,1-3H3. The Balaban J connectivity index is 2.56. The highest BCUT2D eigenvalue weighted by atomic mass is 31.0. The van der Waals surface area contributed by atoms with E-state index in [2.05, 4.69) is 21.1 Å². The van der Waals surface area contributed by atoms with Gasteiger partial charge in [-0.05, 0) is 0 Å². The van der Waals surface area contributed by atoms with Crippen LogP contribution in [-0.2, 0) is 0 Å². The van der Waals surface area contributed by atoms with E-state index in [1.54, 1.807) is 0 Å². The molecule has 1 aromatic rings. The van der Waals surface area contributed by atoms with E-state index in [0.29, 0.717) is 0 Å². The highest BCUT2D eigenvalue weighted by molar-refractivity contribution is 7.30. The van der Waals surface area contributed by atoms with Gasteiger partial charge in [-0.15, -0.1) is 0 Å². The normalized spacial score (nSPS) is 15.3. The van der Waals surface area contributed by atoms with Gasteiger partial charge < -0.3 is 17.8 Å². The van der Waals surface area contributed by atoms with E-state index in [1.807, 2.05) is 17.9 Å². The van der Waals surface area contributed by atoms with Crippen LogP contribution in [0, 0.1) is 0 Å². The van der Waals surface area contributed by atoms with Gasteiger partial charge in [0.05, 0.1) is 27.2 Å². The first-order chi connectivity index (χ1) is 5.49. The van der Waals surface area contributed by atoms with E-state index in [0.717, 1.165) is 24.5 Å². The molecule has 3 heteroatoms. The zero-order valence-corrected chi connectivity index (χ0v) is 8.75. The average molecular weight is 185 g/mol. The highest BCUT2D eigenvalue weighted by Gasteiger charge is 2.13. The van der Waals surface area contributed by atoms with E-state index in [9.17, 15) is 5.11 Å². The molecule has 1 atom stereocenters. The lowest BCUT2D eigenvalue weighted by Crippen LogP contribution is -2.38. The van der Waals surface area contributed by atoms with Gasteiger partial charge in [-0.1, -0.05) is 12.1 Å². The monoisotopic (exact) mass is 185 g/mol. The van der Waals surface area contributed by atoms with Gasteiger partial charge in [0.25, 0.3) is 0 Å². The molecule has 0 radical (unpaired) electrons. The fourth-order valence-corrected chi connectivity index (χ4v) is 1.89. The van der Waals surface area contributed by atoms with Crippen molar-refractivity contribution in [3.05, 3.63) is 23.2 Å². The van der Waals surface area contributed by atoms with Crippen molar-refractivity contribution in [1.82, 2.24) is 0 Å². The van der Waals surface area contributed by atoms with Crippen LogP contribution in [0.4, 0.5) is 0 Å². The zero-order valence-electron chi connectivity index (χ0n) is 7.86. The quantitative estimate of drug-likeness (QED) is 0.711. The lowest BCUT2D eigenvalue weighted by atomic mass is 10.2. The number of hydrogen-bond acceptors (Lipinski definition) is 1. The number of aliphatic hydroxyl groups excluding tert-OH is 1. The van der Waals surface area contributed by atoms with Gasteiger partial charge in [0.15, 0.2) is 0 Å². The second-order valence-electron chi connectivity index (χ2n) is 4.05. The van der Waals surface area contributed by atoms with Gasteiger partial charge in [-0.25, -0.2) is 5.80 Å². The van der Waals surface area contributed by atoms with Crippen molar-refractivity contribution in [2.75, 3.05) is 27.7 Å². The fourth-order valence-electron chi connectivity index (χ4n) is 1.12. The summed E-state index contributed by atoms with van der Waals surface area (Å²) in [6.07, 6.45) is -0.290. The molecule has 0 fully saturated rings. The summed E-state index contributed by atoms with van der Waals surface area (Å²) in [7, 11) is 7.41. The third-order valence-electron chi connectivity index (χ3n) is 1.64. The Hall–Kier alpha value is -0.300. The van der Waals surface area contributed by atoms with Crippen molar-refractivity contribution >= 4 is 8.19 Å². The molecule has 1 heterocycles. The van der Waals surface area contributed by atoms with Crippen molar-refractivity contribution in [3.63, 3.8) is 0 Å². The highest BCUT2D eigenvalue weighted by Crippen LogP contribution is 2.24. The van der Waals surface area contributed by atoms with E-state index in [4.69, 9.17) is 0 Å². The van der Waals surface area contributed by atoms with Crippen molar-refractivity contribution in [3.8, 4) is 0 Å². The molecule has 0 aliphatic rings. The average Bonchev–Trinajstić information content (AvgIpc) is 2.32. The minimum absolute atomic E-state index is 0.290. The molecule has 1 rings (SSSR count). The first-order valence-corrected chi connectivity index (χ1v) is 5.01. The SMILES string of the molecule is C[N+](C)(C)CC(O)c1ccc[p-]1. The van der Waals surface area contributed by atoms with Crippen LogP contribution in [0.1, 0.15) is 11.4 Å². The Morgan fingerprint density at radius 3 is 2.58 bits per heavy atom. The zero-order chi connectivity index (χ0) is 9.19. The maximum atomic E-state index is 9.75. The van der Waals surface area contributed by atoms with E-state index < -0.39 is 0 Å². The van der Waals surface area contributed by atoms with Crippen LogP contribution in [0.5, 0.6) is 0 Å². The minimum Gasteiger partial charge on any atom is -0.525 e. The predicted molar refractivity (Wildman–Crippen MR) is 52.4 cm³/mol. The van der Waals surface area contributed by atoms with Crippen molar-refractivity contribution in [2.45, 2.75) is 6.10 Å². The summed E-state index contributed by atoms with van der Waals surface area (Å²) in [4.78, 5) is 0. The lowest BCUT2D eigenvalue weighted by Gasteiger charge is -2.28. The summed E-state index contributed by atoms with van der Waals surface area (Å²) in [5, 5.41) is 10.9. The molecule has 1 N–H and O–H groups in total. The number of rotatable bonds is 3. The molecule has 0 saturated heterocycles. The molecule has 0 aliphatic heterocycles. The summed E-state index contributed by atoms with van der Waals surface area (Å²) in [6, 6.07) is 4.00.